The summed E-state index contributed by atoms with van der Waals surface area (Å²) in [5.41, 5.74) is 1.86. The van der Waals surface area contributed by atoms with Gasteiger partial charge in [0.15, 0.2) is 6.54 Å². The zero-order valence-electron chi connectivity index (χ0n) is 16.9. The molecular weight excluding hydrogens is 368 g/mol. The summed E-state index contributed by atoms with van der Waals surface area (Å²) in [5.74, 6) is 0.613. The van der Waals surface area contributed by atoms with E-state index in [0.29, 0.717) is 19.8 Å². The molecule has 1 heterocycles. The maximum atomic E-state index is 12.3. The molecule has 2 N–H and O–H groups in total. The van der Waals surface area contributed by atoms with Crippen LogP contribution in [0.25, 0.3) is 0 Å². The van der Waals surface area contributed by atoms with Crippen molar-refractivity contribution in [3.05, 3.63) is 60.2 Å². The van der Waals surface area contributed by atoms with E-state index in [-0.39, 0.29) is 17.8 Å². The van der Waals surface area contributed by atoms with Crippen molar-refractivity contribution in [2.75, 3.05) is 31.6 Å². The summed E-state index contributed by atoms with van der Waals surface area (Å²) in [4.78, 5) is 25.3. The largest absolute Gasteiger partial charge is 0.489 e. The molecule has 6 nitrogen and oxygen atoms in total. The molecule has 0 spiro atoms. The van der Waals surface area contributed by atoms with Gasteiger partial charge in [0, 0.05) is 18.5 Å². The zero-order chi connectivity index (χ0) is 20.5. The smallest absolute Gasteiger partial charge is 0.309 e. The summed E-state index contributed by atoms with van der Waals surface area (Å²) in [5, 5.41) is 2.94. The maximum absolute atomic E-state index is 12.3. The van der Waals surface area contributed by atoms with Crippen LogP contribution in [0.1, 0.15) is 25.3 Å². The number of hydrogen-bond acceptors (Lipinski definition) is 4. The van der Waals surface area contributed by atoms with Crippen molar-refractivity contribution in [1.29, 1.82) is 0 Å². The number of likely N-dealkylation sites (tertiary alicyclic amines) is 1. The van der Waals surface area contributed by atoms with Crippen molar-refractivity contribution in [2.45, 2.75) is 26.4 Å². The minimum atomic E-state index is -0.106. The Kier molecular flexibility index (Phi) is 7.64. The quantitative estimate of drug-likeness (QED) is 0.669. The van der Waals surface area contributed by atoms with Crippen LogP contribution in [0.4, 0.5) is 5.69 Å². The Labute approximate surface area is 171 Å². The van der Waals surface area contributed by atoms with Gasteiger partial charge in [-0.05, 0) is 36.8 Å². The summed E-state index contributed by atoms with van der Waals surface area (Å²) < 4.78 is 10.9. The van der Waals surface area contributed by atoms with Gasteiger partial charge < -0.3 is 19.7 Å². The molecule has 6 heteroatoms. The van der Waals surface area contributed by atoms with Crippen molar-refractivity contribution in [3.8, 4) is 5.75 Å². The van der Waals surface area contributed by atoms with Crippen LogP contribution in [0.3, 0.4) is 0 Å². The van der Waals surface area contributed by atoms with Crippen LogP contribution in [0.2, 0.25) is 0 Å². The van der Waals surface area contributed by atoms with E-state index >= 15 is 0 Å². The van der Waals surface area contributed by atoms with Gasteiger partial charge in [-0.1, -0.05) is 30.3 Å². The monoisotopic (exact) mass is 397 g/mol. The van der Waals surface area contributed by atoms with Crippen LogP contribution in [-0.4, -0.2) is 38.1 Å². The lowest BCUT2D eigenvalue weighted by Crippen LogP contribution is -3.14. The Balaban J connectivity index is 1.40. The van der Waals surface area contributed by atoms with Gasteiger partial charge in [0.1, 0.15) is 12.4 Å². The van der Waals surface area contributed by atoms with Gasteiger partial charge in [0.2, 0.25) is 0 Å². The molecule has 0 bridgehead atoms. The van der Waals surface area contributed by atoms with E-state index in [0.717, 1.165) is 42.9 Å². The fraction of sp³-hybridized carbons (Fsp3) is 0.391. The van der Waals surface area contributed by atoms with E-state index in [9.17, 15) is 9.59 Å². The van der Waals surface area contributed by atoms with E-state index in [2.05, 4.69) is 5.32 Å². The zero-order valence-corrected chi connectivity index (χ0v) is 16.9. The van der Waals surface area contributed by atoms with Crippen molar-refractivity contribution >= 4 is 17.6 Å². The van der Waals surface area contributed by atoms with Crippen molar-refractivity contribution in [1.82, 2.24) is 0 Å². The number of piperidine rings is 1. The predicted molar refractivity (Wildman–Crippen MR) is 111 cm³/mol. The number of rotatable bonds is 8. The standard InChI is InChI=1S/C23H28N2O4/c1-2-28-23(27)19-12-14-25(15-13-19)16-22(26)24-20-8-10-21(11-9-20)29-17-18-6-4-3-5-7-18/h3-11,19H,2,12-17H2,1H3,(H,24,26)/p+1. The Morgan fingerprint density at radius 2 is 1.72 bits per heavy atom. The third-order valence-electron chi connectivity index (χ3n) is 5.11. The van der Waals surface area contributed by atoms with Gasteiger partial charge >= 0.3 is 5.97 Å². The molecule has 1 aliphatic heterocycles. The summed E-state index contributed by atoms with van der Waals surface area (Å²) in [6.07, 6.45) is 1.55. The lowest BCUT2D eigenvalue weighted by molar-refractivity contribution is -0.897. The second kappa shape index (κ2) is 10.6. The number of carbonyl (C=O) groups is 2. The van der Waals surface area contributed by atoms with Gasteiger partial charge in [0.25, 0.3) is 5.91 Å². The van der Waals surface area contributed by atoms with E-state index in [1.807, 2.05) is 61.5 Å². The average molecular weight is 397 g/mol. The van der Waals surface area contributed by atoms with Crippen molar-refractivity contribution in [3.63, 3.8) is 0 Å². The molecule has 0 saturated carbocycles. The second-order valence-electron chi connectivity index (χ2n) is 7.30. The minimum Gasteiger partial charge on any atom is -0.489 e. The first-order valence-electron chi connectivity index (χ1n) is 10.2. The molecule has 2 aromatic carbocycles. The number of nitrogens with one attached hydrogen (secondary N) is 2. The van der Waals surface area contributed by atoms with E-state index in [4.69, 9.17) is 9.47 Å². The summed E-state index contributed by atoms with van der Waals surface area (Å²) >= 11 is 0. The third kappa shape index (κ3) is 6.61. The number of ether oxygens (including phenoxy) is 2. The highest BCUT2D eigenvalue weighted by molar-refractivity contribution is 5.91. The normalized spacial score (nSPS) is 18.7. The molecule has 29 heavy (non-hydrogen) atoms. The summed E-state index contributed by atoms with van der Waals surface area (Å²) in [7, 11) is 0. The van der Waals surface area contributed by atoms with Gasteiger partial charge in [-0.15, -0.1) is 0 Å². The maximum Gasteiger partial charge on any atom is 0.309 e. The van der Waals surface area contributed by atoms with Crippen molar-refractivity contribution < 1.29 is 24.0 Å². The first kappa shape index (κ1) is 20.9. The molecule has 1 saturated heterocycles. The molecule has 0 aromatic heterocycles. The van der Waals surface area contributed by atoms with Crippen LogP contribution in [-0.2, 0) is 20.9 Å². The van der Waals surface area contributed by atoms with Crippen LogP contribution in [0, 0.1) is 5.92 Å². The topological polar surface area (TPSA) is 69.1 Å². The molecule has 1 aliphatic rings. The lowest BCUT2D eigenvalue weighted by Gasteiger charge is -2.27. The minimum absolute atomic E-state index is 0.0208. The van der Waals surface area contributed by atoms with Gasteiger partial charge in [0.05, 0.1) is 25.6 Å². The molecule has 0 radical (unpaired) electrons. The predicted octanol–water partition coefficient (Wildman–Crippen LogP) is 2.06. The highest BCUT2D eigenvalue weighted by atomic mass is 16.5. The number of hydrogen-bond donors (Lipinski definition) is 2. The Hall–Kier alpha value is -2.86. The average Bonchev–Trinajstić information content (AvgIpc) is 2.74. The van der Waals surface area contributed by atoms with Gasteiger partial charge in [-0.3, -0.25) is 9.59 Å². The number of quaternary nitrogens is 1. The molecule has 1 fully saturated rings. The third-order valence-corrected chi connectivity index (χ3v) is 5.11. The van der Waals surface area contributed by atoms with Crippen molar-refractivity contribution in [2.24, 2.45) is 5.92 Å². The SMILES string of the molecule is CCOC(=O)C1CC[NH+](CC(=O)Nc2ccc(OCc3ccccc3)cc2)CC1. The number of anilines is 1. The first-order valence-corrected chi connectivity index (χ1v) is 10.2. The van der Waals surface area contributed by atoms with Gasteiger partial charge in [-0.25, -0.2) is 0 Å². The Morgan fingerprint density at radius 1 is 1.03 bits per heavy atom. The second-order valence-corrected chi connectivity index (χ2v) is 7.30. The molecule has 154 valence electrons. The molecule has 3 rings (SSSR count). The lowest BCUT2D eigenvalue weighted by atomic mass is 9.97. The molecule has 0 atom stereocenters. The first-order chi connectivity index (χ1) is 14.1. The summed E-state index contributed by atoms with van der Waals surface area (Å²) in [6, 6.07) is 17.4. The highest BCUT2D eigenvalue weighted by Gasteiger charge is 2.29. The van der Waals surface area contributed by atoms with Crippen LogP contribution in [0.5, 0.6) is 5.75 Å². The summed E-state index contributed by atoms with van der Waals surface area (Å²) in [6.45, 7) is 4.78. The van der Waals surface area contributed by atoms with Crippen LogP contribution in [0.15, 0.2) is 54.6 Å². The van der Waals surface area contributed by atoms with E-state index in [1.54, 1.807) is 0 Å². The fourth-order valence-corrected chi connectivity index (χ4v) is 3.51. The Bertz CT molecular complexity index is 784. The molecule has 1 amide bonds. The molecular formula is C23H29N2O4+. The number of benzene rings is 2. The highest BCUT2D eigenvalue weighted by Crippen LogP contribution is 2.17. The molecule has 2 aromatic rings. The number of carbonyl (C=O) groups excluding carboxylic acids is 2. The number of amides is 1. The van der Waals surface area contributed by atoms with E-state index < -0.39 is 0 Å². The van der Waals surface area contributed by atoms with E-state index in [1.165, 1.54) is 4.90 Å². The van der Waals surface area contributed by atoms with Crippen LogP contribution >= 0.6 is 0 Å². The fourth-order valence-electron chi connectivity index (χ4n) is 3.51. The van der Waals surface area contributed by atoms with Crippen LogP contribution < -0.4 is 15.0 Å². The molecule has 0 unspecified atom stereocenters. The Morgan fingerprint density at radius 3 is 2.38 bits per heavy atom. The number of esters is 1. The molecule has 0 aliphatic carbocycles. The van der Waals surface area contributed by atoms with Gasteiger partial charge in [-0.2, -0.15) is 0 Å².